The topological polar surface area (TPSA) is 17.1 Å². The van der Waals surface area contributed by atoms with Gasteiger partial charge in [-0.1, -0.05) is 41.1 Å². The SMILES string of the molecule is CCc1cccc(C(F)F)c1C(=O)C(C)Br. The van der Waals surface area contributed by atoms with Crippen LogP contribution in [0.5, 0.6) is 0 Å². The highest BCUT2D eigenvalue weighted by atomic mass is 79.9. The Morgan fingerprint density at radius 2 is 2.06 bits per heavy atom. The van der Waals surface area contributed by atoms with E-state index in [1.165, 1.54) is 6.07 Å². The van der Waals surface area contributed by atoms with Crippen molar-refractivity contribution in [1.29, 1.82) is 0 Å². The maximum atomic E-state index is 12.8. The Morgan fingerprint density at radius 1 is 1.44 bits per heavy atom. The van der Waals surface area contributed by atoms with Crippen molar-refractivity contribution in [3.8, 4) is 0 Å². The van der Waals surface area contributed by atoms with Gasteiger partial charge < -0.3 is 0 Å². The third kappa shape index (κ3) is 2.67. The zero-order valence-electron chi connectivity index (χ0n) is 9.14. The molecule has 1 unspecified atom stereocenters. The molecule has 88 valence electrons. The van der Waals surface area contributed by atoms with E-state index >= 15 is 0 Å². The Kier molecular flexibility index (Phi) is 4.59. The molecule has 0 saturated carbocycles. The van der Waals surface area contributed by atoms with E-state index in [0.29, 0.717) is 12.0 Å². The van der Waals surface area contributed by atoms with Crippen molar-refractivity contribution in [1.82, 2.24) is 0 Å². The maximum absolute atomic E-state index is 12.8. The van der Waals surface area contributed by atoms with Gasteiger partial charge in [0.15, 0.2) is 5.78 Å². The summed E-state index contributed by atoms with van der Waals surface area (Å²) in [6, 6.07) is 4.59. The lowest BCUT2D eigenvalue weighted by atomic mass is 9.95. The first-order valence-electron chi connectivity index (χ1n) is 5.07. The molecule has 1 aromatic carbocycles. The molecular weight excluding hydrogens is 278 g/mol. The molecule has 16 heavy (non-hydrogen) atoms. The molecule has 0 aliphatic heterocycles. The number of alkyl halides is 3. The van der Waals surface area contributed by atoms with Crippen molar-refractivity contribution in [3.63, 3.8) is 0 Å². The van der Waals surface area contributed by atoms with E-state index in [4.69, 9.17) is 0 Å². The van der Waals surface area contributed by atoms with Crippen LogP contribution in [-0.2, 0) is 6.42 Å². The number of benzene rings is 1. The van der Waals surface area contributed by atoms with Gasteiger partial charge in [0.1, 0.15) is 0 Å². The van der Waals surface area contributed by atoms with Crippen LogP contribution in [0.25, 0.3) is 0 Å². The Bertz CT molecular complexity index is 389. The lowest BCUT2D eigenvalue weighted by Crippen LogP contribution is -2.15. The van der Waals surface area contributed by atoms with Crippen LogP contribution in [0, 0.1) is 0 Å². The summed E-state index contributed by atoms with van der Waals surface area (Å²) in [7, 11) is 0. The predicted molar refractivity (Wildman–Crippen MR) is 63.5 cm³/mol. The van der Waals surface area contributed by atoms with Crippen LogP contribution < -0.4 is 0 Å². The average Bonchev–Trinajstić information content (AvgIpc) is 2.26. The van der Waals surface area contributed by atoms with Gasteiger partial charge in [-0.15, -0.1) is 0 Å². The highest BCUT2D eigenvalue weighted by Gasteiger charge is 2.23. The van der Waals surface area contributed by atoms with Crippen LogP contribution >= 0.6 is 15.9 Å². The van der Waals surface area contributed by atoms with E-state index in [9.17, 15) is 13.6 Å². The highest BCUT2D eigenvalue weighted by Crippen LogP contribution is 2.28. The minimum absolute atomic E-state index is 0.171. The van der Waals surface area contributed by atoms with Gasteiger partial charge in [-0.3, -0.25) is 4.79 Å². The van der Waals surface area contributed by atoms with Gasteiger partial charge in [0.25, 0.3) is 6.43 Å². The zero-order chi connectivity index (χ0) is 12.3. The molecule has 0 aliphatic carbocycles. The van der Waals surface area contributed by atoms with Crippen molar-refractivity contribution >= 4 is 21.7 Å². The summed E-state index contributed by atoms with van der Waals surface area (Å²) in [4.78, 5) is 11.4. The van der Waals surface area contributed by atoms with Gasteiger partial charge in [-0.2, -0.15) is 0 Å². The van der Waals surface area contributed by atoms with E-state index in [-0.39, 0.29) is 16.9 Å². The monoisotopic (exact) mass is 290 g/mol. The first-order chi connectivity index (χ1) is 7.49. The van der Waals surface area contributed by atoms with Gasteiger partial charge in [-0.25, -0.2) is 8.78 Å². The van der Waals surface area contributed by atoms with Crippen molar-refractivity contribution in [2.45, 2.75) is 31.5 Å². The third-order valence-electron chi connectivity index (χ3n) is 2.41. The molecule has 1 aromatic rings. The molecule has 0 saturated heterocycles. The second kappa shape index (κ2) is 5.53. The molecule has 0 aromatic heterocycles. The second-order valence-corrected chi connectivity index (χ2v) is 4.89. The number of ketones is 1. The maximum Gasteiger partial charge on any atom is 0.264 e. The molecule has 0 fully saturated rings. The average molecular weight is 291 g/mol. The molecule has 4 heteroatoms. The lowest BCUT2D eigenvalue weighted by Gasteiger charge is -2.13. The number of aryl methyl sites for hydroxylation is 1. The molecule has 0 aliphatic rings. The second-order valence-electron chi connectivity index (χ2n) is 3.52. The molecular formula is C12H13BrF2O. The molecule has 0 amide bonds. The van der Waals surface area contributed by atoms with Gasteiger partial charge in [0.05, 0.1) is 4.83 Å². The fourth-order valence-corrected chi connectivity index (χ4v) is 1.82. The summed E-state index contributed by atoms with van der Waals surface area (Å²) in [6.07, 6.45) is -2.04. The van der Waals surface area contributed by atoms with Gasteiger partial charge >= 0.3 is 0 Å². The molecule has 0 spiro atoms. The first kappa shape index (κ1) is 13.3. The minimum atomic E-state index is -2.61. The summed E-state index contributed by atoms with van der Waals surface area (Å²) < 4.78 is 25.6. The van der Waals surface area contributed by atoms with E-state index in [2.05, 4.69) is 15.9 Å². The predicted octanol–water partition coefficient (Wildman–Crippen LogP) is 4.15. The standard InChI is InChI=1S/C12H13BrF2O/c1-3-8-5-4-6-9(12(14)15)10(8)11(16)7(2)13/h4-7,12H,3H2,1-2H3. The number of hydrogen-bond donors (Lipinski definition) is 0. The molecule has 1 rings (SSSR count). The van der Waals surface area contributed by atoms with Gasteiger partial charge in [0, 0.05) is 11.1 Å². The molecule has 0 heterocycles. The number of carbonyl (C=O) groups excluding carboxylic acids is 1. The van der Waals surface area contributed by atoms with E-state index in [1.54, 1.807) is 19.1 Å². The Morgan fingerprint density at radius 3 is 2.50 bits per heavy atom. The molecule has 0 radical (unpaired) electrons. The van der Waals surface area contributed by atoms with Crippen LogP contribution in [0.15, 0.2) is 18.2 Å². The minimum Gasteiger partial charge on any atom is -0.293 e. The fraction of sp³-hybridized carbons (Fsp3) is 0.417. The smallest absolute Gasteiger partial charge is 0.264 e. The molecule has 1 atom stereocenters. The number of Topliss-reactive ketones (excluding diaryl/α,β-unsaturated/α-hetero) is 1. The summed E-state index contributed by atoms with van der Waals surface area (Å²) in [5.41, 5.74) is 0.675. The molecule has 0 N–H and O–H groups in total. The van der Waals surface area contributed by atoms with Crippen molar-refractivity contribution in [2.75, 3.05) is 0 Å². The summed E-state index contributed by atoms with van der Waals surface area (Å²) in [5.74, 6) is -0.284. The van der Waals surface area contributed by atoms with Crippen LogP contribution in [0.4, 0.5) is 8.78 Å². The highest BCUT2D eigenvalue weighted by molar-refractivity contribution is 9.10. The lowest BCUT2D eigenvalue weighted by molar-refractivity contribution is 0.0980. The van der Waals surface area contributed by atoms with Crippen molar-refractivity contribution in [3.05, 3.63) is 34.9 Å². The Hall–Kier alpha value is -0.770. The summed E-state index contributed by atoms with van der Waals surface area (Å²) in [6.45, 7) is 3.49. The number of rotatable bonds is 4. The van der Waals surface area contributed by atoms with Gasteiger partial charge in [-0.05, 0) is 18.9 Å². The van der Waals surface area contributed by atoms with Crippen LogP contribution in [0.1, 0.15) is 41.8 Å². The number of halogens is 3. The molecule has 1 nitrogen and oxygen atoms in total. The van der Waals surface area contributed by atoms with Crippen LogP contribution in [-0.4, -0.2) is 10.6 Å². The molecule has 0 bridgehead atoms. The van der Waals surface area contributed by atoms with Crippen molar-refractivity contribution in [2.24, 2.45) is 0 Å². The normalized spacial score (nSPS) is 12.9. The first-order valence-corrected chi connectivity index (χ1v) is 5.98. The third-order valence-corrected chi connectivity index (χ3v) is 2.82. The largest absolute Gasteiger partial charge is 0.293 e. The Labute approximate surface area is 102 Å². The number of hydrogen-bond acceptors (Lipinski definition) is 1. The summed E-state index contributed by atoms with van der Waals surface area (Å²) in [5, 5.41) is 0. The van der Waals surface area contributed by atoms with Gasteiger partial charge in [0.2, 0.25) is 0 Å². The quantitative estimate of drug-likeness (QED) is 0.601. The fourth-order valence-electron chi connectivity index (χ4n) is 1.60. The van der Waals surface area contributed by atoms with E-state index in [1.807, 2.05) is 6.92 Å². The summed E-state index contributed by atoms with van der Waals surface area (Å²) >= 11 is 3.13. The van der Waals surface area contributed by atoms with E-state index < -0.39 is 11.3 Å². The van der Waals surface area contributed by atoms with Crippen LogP contribution in [0.3, 0.4) is 0 Å². The number of carbonyl (C=O) groups is 1. The van der Waals surface area contributed by atoms with E-state index in [0.717, 1.165) is 0 Å². The zero-order valence-corrected chi connectivity index (χ0v) is 10.7. The van der Waals surface area contributed by atoms with Crippen molar-refractivity contribution < 1.29 is 13.6 Å². The Balaban J connectivity index is 3.36. The van der Waals surface area contributed by atoms with Crippen LogP contribution in [0.2, 0.25) is 0 Å².